The number of hydrogen-bond donors (Lipinski definition) is 1. The summed E-state index contributed by atoms with van der Waals surface area (Å²) in [5.41, 5.74) is 1.03. The number of aromatic nitrogens is 1. The van der Waals surface area contributed by atoms with Gasteiger partial charge in [0, 0.05) is 39.4 Å². The van der Waals surface area contributed by atoms with Crippen LogP contribution in [-0.2, 0) is 21.8 Å². The fourth-order valence-corrected chi connectivity index (χ4v) is 5.55. The van der Waals surface area contributed by atoms with E-state index in [4.69, 9.17) is 4.74 Å². The van der Waals surface area contributed by atoms with Gasteiger partial charge in [-0.05, 0) is 37.5 Å². The molecular weight excluding hydrogens is 432 g/mol. The number of piperidine rings is 1. The van der Waals surface area contributed by atoms with Gasteiger partial charge in [-0.25, -0.2) is 8.42 Å². The van der Waals surface area contributed by atoms with Crippen molar-refractivity contribution in [1.29, 1.82) is 0 Å². The van der Waals surface area contributed by atoms with Crippen LogP contribution in [0.2, 0.25) is 0 Å². The molecule has 9 nitrogen and oxygen atoms in total. The third kappa shape index (κ3) is 4.57. The molecule has 0 radical (unpaired) electrons. The third-order valence-electron chi connectivity index (χ3n) is 5.87. The molecule has 0 saturated carbocycles. The van der Waals surface area contributed by atoms with E-state index in [-0.39, 0.29) is 29.6 Å². The number of nitrogens with one attached hydrogen (secondary N) is 1. The number of benzene rings is 1. The maximum Gasteiger partial charge on any atom is 0.272 e. The van der Waals surface area contributed by atoms with Crippen molar-refractivity contribution < 1.29 is 22.7 Å². The number of hydrogen-bond acceptors (Lipinski definition) is 5. The van der Waals surface area contributed by atoms with Crippen molar-refractivity contribution in [2.45, 2.75) is 24.2 Å². The molecule has 2 aliphatic rings. The second-order valence-electron chi connectivity index (χ2n) is 8.04. The summed E-state index contributed by atoms with van der Waals surface area (Å²) in [6, 6.07) is 8.27. The van der Waals surface area contributed by atoms with Crippen LogP contribution in [0.25, 0.3) is 0 Å². The summed E-state index contributed by atoms with van der Waals surface area (Å²) in [6.07, 6.45) is 4.50. The second kappa shape index (κ2) is 9.43. The molecule has 2 aromatic rings. The third-order valence-corrected chi connectivity index (χ3v) is 7.73. The van der Waals surface area contributed by atoms with Crippen LogP contribution in [0.1, 0.15) is 40.1 Å². The van der Waals surface area contributed by atoms with E-state index in [1.54, 1.807) is 31.3 Å². The lowest BCUT2D eigenvalue weighted by Crippen LogP contribution is -2.40. The van der Waals surface area contributed by atoms with Gasteiger partial charge in [0.1, 0.15) is 10.6 Å². The van der Waals surface area contributed by atoms with E-state index in [9.17, 15) is 18.0 Å². The van der Waals surface area contributed by atoms with Crippen molar-refractivity contribution in [3.8, 4) is 0 Å². The van der Waals surface area contributed by atoms with Gasteiger partial charge in [-0.15, -0.1) is 0 Å². The number of rotatable bonds is 5. The molecule has 1 aromatic heterocycles. The SMILES string of the molecule is Cn1cc(S(=O)(=O)N2CCOCC2)cc1C(=O)Nc1ccccc1C(=O)N1CCCCC1. The highest BCUT2D eigenvalue weighted by molar-refractivity contribution is 7.89. The molecule has 0 unspecified atom stereocenters. The Morgan fingerprint density at radius 3 is 2.41 bits per heavy atom. The number of carbonyl (C=O) groups is 2. The molecule has 3 heterocycles. The van der Waals surface area contributed by atoms with Crippen LogP contribution in [0.5, 0.6) is 0 Å². The molecule has 2 fully saturated rings. The summed E-state index contributed by atoms with van der Waals surface area (Å²) >= 11 is 0. The van der Waals surface area contributed by atoms with Crippen LogP contribution < -0.4 is 5.32 Å². The van der Waals surface area contributed by atoms with Gasteiger partial charge in [0.15, 0.2) is 0 Å². The van der Waals surface area contributed by atoms with Gasteiger partial charge in [0.2, 0.25) is 10.0 Å². The van der Waals surface area contributed by atoms with Crippen molar-refractivity contribution in [2.75, 3.05) is 44.7 Å². The van der Waals surface area contributed by atoms with Crippen LogP contribution in [0.4, 0.5) is 5.69 Å². The Morgan fingerprint density at radius 1 is 1.00 bits per heavy atom. The van der Waals surface area contributed by atoms with Crippen LogP contribution in [0.15, 0.2) is 41.4 Å². The molecule has 0 aliphatic carbocycles. The van der Waals surface area contributed by atoms with Crippen LogP contribution in [0.3, 0.4) is 0 Å². The molecule has 0 spiro atoms. The molecule has 0 atom stereocenters. The minimum absolute atomic E-state index is 0.0599. The number of morpholine rings is 1. The van der Waals surface area contributed by atoms with Gasteiger partial charge < -0.3 is 19.5 Å². The lowest BCUT2D eigenvalue weighted by Gasteiger charge is -2.27. The highest BCUT2D eigenvalue weighted by atomic mass is 32.2. The quantitative estimate of drug-likeness (QED) is 0.735. The number of para-hydroxylation sites is 1. The van der Waals surface area contributed by atoms with Crippen molar-refractivity contribution in [3.63, 3.8) is 0 Å². The Kier molecular flexibility index (Phi) is 6.63. The van der Waals surface area contributed by atoms with Gasteiger partial charge in [-0.1, -0.05) is 12.1 Å². The number of sulfonamides is 1. The molecular formula is C22H28N4O5S. The number of amides is 2. The topological polar surface area (TPSA) is 101 Å². The zero-order valence-corrected chi connectivity index (χ0v) is 18.9. The standard InChI is InChI=1S/C22H28N4O5S/c1-24-16-17(32(29,30)26-11-13-31-14-12-26)15-20(24)21(27)23-19-8-4-3-7-18(19)22(28)25-9-5-2-6-10-25/h3-4,7-8,15-16H,2,5-6,9-14H2,1H3,(H,23,27). The minimum Gasteiger partial charge on any atom is -0.379 e. The highest BCUT2D eigenvalue weighted by Gasteiger charge is 2.29. The molecule has 2 amide bonds. The number of aryl methyl sites for hydroxylation is 1. The lowest BCUT2D eigenvalue weighted by molar-refractivity contribution is 0.0725. The maximum absolute atomic E-state index is 13.0. The van der Waals surface area contributed by atoms with E-state index in [0.29, 0.717) is 37.6 Å². The van der Waals surface area contributed by atoms with Crippen molar-refractivity contribution in [3.05, 3.63) is 47.8 Å². The first-order valence-corrected chi connectivity index (χ1v) is 12.3. The first kappa shape index (κ1) is 22.5. The first-order chi connectivity index (χ1) is 15.4. The Morgan fingerprint density at radius 2 is 1.69 bits per heavy atom. The van der Waals surface area contributed by atoms with E-state index < -0.39 is 15.9 Å². The molecule has 2 aliphatic heterocycles. The van der Waals surface area contributed by atoms with E-state index in [0.717, 1.165) is 19.3 Å². The summed E-state index contributed by atoms with van der Waals surface area (Å²) in [6.45, 7) is 2.68. The summed E-state index contributed by atoms with van der Waals surface area (Å²) in [5, 5.41) is 2.80. The number of ether oxygens (including phenoxy) is 1. The molecule has 1 aromatic carbocycles. The Balaban J connectivity index is 1.55. The van der Waals surface area contributed by atoms with Gasteiger partial charge in [-0.3, -0.25) is 9.59 Å². The molecule has 4 rings (SSSR count). The second-order valence-corrected chi connectivity index (χ2v) is 9.98. The summed E-state index contributed by atoms with van der Waals surface area (Å²) < 4.78 is 33.9. The normalized spacial score (nSPS) is 17.8. The average Bonchev–Trinajstić information content (AvgIpc) is 3.23. The fraction of sp³-hybridized carbons (Fsp3) is 0.455. The first-order valence-electron chi connectivity index (χ1n) is 10.8. The van der Waals surface area contributed by atoms with Crippen LogP contribution in [0, 0.1) is 0 Å². The Bertz CT molecular complexity index is 1100. The molecule has 1 N–H and O–H groups in total. The number of anilines is 1. The summed E-state index contributed by atoms with van der Waals surface area (Å²) in [7, 11) is -2.09. The maximum atomic E-state index is 13.0. The fourth-order valence-electron chi connectivity index (χ4n) is 4.07. The zero-order valence-electron chi connectivity index (χ0n) is 18.1. The number of likely N-dealkylation sites (tertiary alicyclic amines) is 1. The number of carbonyl (C=O) groups excluding carboxylic acids is 2. The summed E-state index contributed by atoms with van der Waals surface area (Å²) in [5.74, 6) is -0.585. The Hall–Kier alpha value is -2.69. The lowest BCUT2D eigenvalue weighted by atomic mass is 10.1. The van der Waals surface area contributed by atoms with E-state index >= 15 is 0 Å². The van der Waals surface area contributed by atoms with E-state index in [2.05, 4.69) is 5.32 Å². The molecule has 10 heteroatoms. The Labute approximate surface area is 188 Å². The van der Waals surface area contributed by atoms with Crippen molar-refractivity contribution in [1.82, 2.24) is 13.8 Å². The van der Waals surface area contributed by atoms with Gasteiger partial charge in [0.25, 0.3) is 11.8 Å². The van der Waals surface area contributed by atoms with E-state index in [1.807, 2.05) is 4.90 Å². The number of nitrogens with zero attached hydrogens (tertiary/aromatic N) is 3. The van der Waals surface area contributed by atoms with Gasteiger partial charge in [0.05, 0.1) is 24.5 Å². The molecule has 2 saturated heterocycles. The monoisotopic (exact) mass is 460 g/mol. The predicted molar refractivity (Wildman–Crippen MR) is 119 cm³/mol. The molecule has 172 valence electrons. The van der Waals surface area contributed by atoms with Crippen molar-refractivity contribution >= 4 is 27.5 Å². The average molecular weight is 461 g/mol. The predicted octanol–water partition coefficient (Wildman–Crippen LogP) is 1.92. The van der Waals surface area contributed by atoms with Gasteiger partial charge >= 0.3 is 0 Å². The molecule has 32 heavy (non-hydrogen) atoms. The van der Waals surface area contributed by atoms with Crippen molar-refractivity contribution in [2.24, 2.45) is 7.05 Å². The van der Waals surface area contributed by atoms with Crippen LogP contribution >= 0.6 is 0 Å². The largest absolute Gasteiger partial charge is 0.379 e. The molecule has 0 bridgehead atoms. The highest BCUT2D eigenvalue weighted by Crippen LogP contribution is 2.23. The van der Waals surface area contributed by atoms with E-state index in [1.165, 1.54) is 21.1 Å². The zero-order chi connectivity index (χ0) is 22.7. The minimum atomic E-state index is -3.71. The summed E-state index contributed by atoms with van der Waals surface area (Å²) in [4.78, 5) is 27.9. The van der Waals surface area contributed by atoms with Gasteiger partial charge in [-0.2, -0.15) is 4.31 Å². The smallest absolute Gasteiger partial charge is 0.272 e. The van der Waals surface area contributed by atoms with Crippen LogP contribution in [-0.4, -0.2) is 73.4 Å².